The SMILES string of the molecule is CC(CP(c1ccccc1)c1ccccc1)(CP(c1ccccc1)c1ccccc1)CP(c1ccccc1)c1ccccc1.[C]=O.[Ru]. The summed E-state index contributed by atoms with van der Waals surface area (Å²) in [6.45, 7) is 7.11. The Kier molecular flexibility index (Phi) is 14.9. The molecule has 6 aromatic rings. The molecule has 0 fully saturated rings. The summed E-state index contributed by atoms with van der Waals surface area (Å²) in [7, 11) is -1.66. The van der Waals surface area contributed by atoms with E-state index in [4.69, 9.17) is 4.79 Å². The fourth-order valence-electron chi connectivity index (χ4n) is 5.94. The van der Waals surface area contributed by atoms with Crippen molar-refractivity contribution in [2.24, 2.45) is 5.41 Å². The molecule has 0 aromatic heterocycles. The Hall–Kier alpha value is -3.10. The molecule has 1 nitrogen and oxygen atoms in total. The number of carbonyl (C=O) groups excluding carboxylic acids is 1. The second-order valence-electron chi connectivity index (χ2n) is 11.6. The van der Waals surface area contributed by atoms with Crippen molar-refractivity contribution in [3.63, 3.8) is 0 Å². The van der Waals surface area contributed by atoms with Crippen molar-refractivity contribution in [2.75, 3.05) is 18.5 Å². The molecule has 0 saturated carbocycles. The van der Waals surface area contributed by atoms with Gasteiger partial charge in [-0.1, -0.05) is 189 Å². The maximum atomic E-state index is 7.50. The van der Waals surface area contributed by atoms with E-state index in [-0.39, 0.29) is 24.9 Å². The van der Waals surface area contributed by atoms with E-state index in [1.165, 1.54) is 31.8 Å². The van der Waals surface area contributed by atoms with Gasteiger partial charge in [-0.3, -0.25) is 4.79 Å². The third-order valence-electron chi connectivity index (χ3n) is 8.03. The molecule has 0 N–H and O–H groups in total. The van der Waals surface area contributed by atoms with Gasteiger partial charge in [0.1, 0.15) is 0 Å². The fourth-order valence-corrected chi connectivity index (χ4v) is 14.6. The van der Waals surface area contributed by atoms with Crippen LogP contribution in [0.25, 0.3) is 0 Å². The van der Waals surface area contributed by atoms with Crippen LogP contribution in [-0.4, -0.2) is 25.3 Å². The van der Waals surface area contributed by atoms with Crippen molar-refractivity contribution in [1.82, 2.24) is 0 Å². The number of rotatable bonds is 12. The van der Waals surface area contributed by atoms with Gasteiger partial charge in [0.25, 0.3) is 6.79 Å². The molecule has 6 rings (SSSR count). The van der Waals surface area contributed by atoms with Crippen LogP contribution in [0.15, 0.2) is 182 Å². The Bertz CT molecular complexity index is 1380. The van der Waals surface area contributed by atoms with E-state index in [9.17, 15) is 0 Å². The molecule has 236 valence electrons. The topological polar surface area (TPSA) is 17.1 Å². The van der Waals surface area contributed by atoms with E-state index in [1.54, 1.807) is 0 Å². The molecule has 0 aliphatic rings. The van der Waals surface area contributed by atoms with Gasteiger partial charge in [0.2, 0.25) is 0 Å². The van der Waals surface area contributed by atoms with Crippen LogP contribution in [0.3, 0.4) is 0 Å². The van der Waals surface area contributed by atoms with Gasteiger partial charge in [-0.25, -0.2) is 0 Å². The van der Waals surface area contributed by atoms with Crippen molar-refractivity contribution in [1.29, 1.82) is 0 Å². The molecule has 0 aliphatic carbocycles. The monoisotopic (exact) mass is 754 g/mol. The van der Waals surface area contributed by atoms with E-state index < -0.39 is 23.8 Å². The van der Waals surface area contributed by atoms with Crippen LogP contribution in [0.4, 0.5) is 0 Å². The van der Waals surface area contributed by atoms with E-state index in [0.717, 1.165) is 18.5 Å². The van der Waals surface area contributed by atoms with E-state index in [0.29, 0.717) is 0 Å². The summed E-state index contributed by atoms with van der Waals surface area (Å²) in [5, 5.41) is 8.79. The zero-order valence-electron chi connectivity index (χ0n) is 26.5. The second-order valence-corrected chi connectivity index (χ2v) is 18.2. The van der Waals surface area contributed by atoms with Gasteiger partial charge in [-0.2, -0.15) is 0 Å². The first-order valence-electron chi connectivity index (χ1n) is 15.5. The third kappa shape index (κ3) is 10.2. The number of hydrogen-bond donors (Lipinski definition) is 0. The summed E-state index contributed by atoms with van der Waals surface area (Å²) >= 11 is 0. The van der Waals surface area contributed by atoms with Crippen LogP contribution < -0.4 is 31.8 Å². The van der Waals surface area contributed by atoms with Crippen LogP contribution >= 0.6 is 23.8 Å². The maximum absolute atomic E-state index is 7.50. The van der Waals surface area contributed by atoms with Crippen LogP contribution in [0.5, 0.6) is 0 Å². The van der Waals surface area contributed by atoms with Gasteiger partial charge in [-0.15, -0.1) is 0 Å². The van der Waals surface area contributed by atoms with E-state index in [2.05, 4.69) is 196 Å². The van der Waals surface area contributed by atoms with Gasteiger partial charge in [-0.05, 0) is 79.5 Å². The van der Waals surface area contributed by atoms with Gasteiger partial charge in [0.15, 0.2) is 0 Å². The van der Waals surface area contributed by atoms with Crippen LogP contribution in [0.1, 0.15) is 6.92 Å². The quantitative estimate of drug-likeness (QED) is 0.0916. The minimum Gasteiger partial charge on any atom is -0.281 e. The summed E-state index contributed by atoms with van der Waals surface area (Å²) in [5.41, 5.74) is 0.0756. The Morgan fingerprint density at radius 1 is 0.362 bits per heavy atom. The zero-order valence-corrected chi connectivity index (χ0v) is 31.0. The molecule has 0 aliphatic heterocycles. The molecule has 2 radical (unpaired) electrons. The first-order valence-corrected chi connectivity index (χ1v) is 20.1. The summed E-state index contributed by atoms with van der Waals surface area (Å²) in [4.78, 5) is 7.50. The Balaban J connectivity index is 0.00000164. The minimum absolute atomic E-state index is 0. The molecule has 0 saturated heterocycles. The Morgan fingerprint density at radius 3 is 0.660 bits per heavy atom. The van der Waals surface area contributed by atoms with Crippen LogP contribution in [0.2, 0.25) is 0 Å². The molecule has 0 unspecified atom stereocenters. The van der Waals surface area contributed by atoms with Crippen molar-refractivity contribution < 1.29 is 24.3 Å². The Morgan fingerprint density at radius 2 is 0.511 bits per heavy atom. The number of benzene rings is 6. The molecule has 0 bridgehead atoms. The predicted molar refractivity (Wildman–Crippen MR) is 206 cm³/mol. The van der Waals surface area contributed by atoms with Gasteiger partial charge >= 0.3 is 0 Å². The summed E-state index contributed by atoms with van der Waals surface area (Å²) < 4.78 is 0. The average Bonchev–Trinajstić information content (AvgIpc) is 3.15. The van der Waals surface area contributed by atoms with Crippen molar-refractivity contribution in [3.05, 3.63) is 182 Å². The molecule has 0 spiro atoms. The summed E-state index contributed by atoms with van der Waals surface area (Å²) in [6.07, 6.45) is 3.44. The predicted octanol–water partition coefficient (Wildman–Crippen LogP) is 7.99. The zero-order chi connectivity index (χ0) is 32.0. The molecular formula is C42H39OP3Ru. The molecule has 0 amide bonds. The second kappa shape index (κ2) is 19.0. The molecule has 47 heavy (non-hydrogen) atoms. The van der Waals surface area contributed by atoms with E-state index >= 15 is 0 Å². The molecule has 0 heterocycles. The molecule has 0 atom stereocenters. The first kappa shape index (κ1) is 36.7. The fraction of sp³-hybridized carbons (Fsp3) is 0.119. The summed E-state index contributed by atoms with van der Waals surface area (Å²) in [5.74, 6) is 0. The number of hydrogen-bond acceptors (Lipinski definition) is 1. The largest absolute Gasteiger partial charge is 0.281 e. The molecule has 6 aromatic carbocycles. The van der Waals surface area contributed by atoms with Crippen LogP contribution in [0, 0.1) is 5.41 Å². The van der Waals surface area contributed by atoms with E-state index in [1.807, 2.05) is 0 Å². The standard InChI is InChI=1S/C41H39P3.CO.Ru/c1-41(32-42(35-20-8-2-9-21-35)36-22-10-3-11-23-36,33-43(37-24-12-4-13-25-37)38-26-14-5-15-27-38)34-44(39-28-16-6-17-29-39)40-30-18-7-19-31-40;1-2;/h2-31H,32-34H2,1H3;;. The first-order chi connectivity index (χ1) is 22.7. The van der Waals surface area contributed by atoms with Gasteiger partial charge < -0.3 is 0 Å². The Labute approximate surface area is 297 Å². The normalized spacial score (nSPS) is 11.1. The average molecular weight is 754 g/mol. The van der Waals surface area contributed by atoms with Crippen molar-refractivity contribution >= 4 is 62.4 Å². The third-order valence-corrected chi connectivity index (χ3v) is 16.8. The summed E-state index contributed by atoms with van der Waals surface area (Å²) in [6, 6.07) is 67.7. The minimum atomic E-state index is -0.555. The molecular weight excluding hydrogens is 714 g/mol. The smallest absolute Gasteiger partial charge is 0.281 e. The van der Waals surface area contributed by atoms with Crippen LogP contribution in [-0.2, 0) is 24.3 Å². The van der Waals surface area contributed by atoms with Crippen molar-refractivity contribution in [2.45, 2.75) is 6.92 Å². The van der Waals surface area contributed by atoms with Crippen molar-refractivity contribution in [3.8, 4) is 0 Å². The van der Waals surface area contributed by atoms with Gasteiger partial charge in [0, 0.05) is 19.5 Å². The maximum Gasteiger partial charge on any atom is 0.281 e. The van der Waals surface area contributed by atoms with Gasteiger partial charge in [0.05, 0.1) is 0 Å². The molecule has 5 heteroatoms.